The first-order valence-corrected chi connectivity index (χ1v) is 5.80. The van der Waals surface area contributed by atoms with Gasteiger partial charge in [-0.3, -0.25) is 9.59 Å². The molecule has 0 aromatic rings. The standard InChI is InChI=1S/C11H21N3O2/c1-7(2)9(12)5-11(16)14-8-3-4-10(15)13-6-8/h7-9H,3-6,12H2,1-2H3,(H,13,15)(H,14,16). The first-order valence-electron chi connectivity index (χ1n) is 5.80. The second-order valence-electron chi connectivity index (χ2n) is 4.72. The summed E-state index contributed by atoms with van der Waals surface area (Å²) >= 11 is 0. The highest BCUT2D eigenvalue weighted by atomic mass is 16.2. The van der Waals surface area contributed by atoms with Crippen LogP contribution in [0.1, 0.15) is 33.1 Å². The van der Waals surface area contributed by atoms with Crippen LogP contribution >= 0.6 is 0 Å². The Morgan fingerprint density at radius 2 is 2.31 bits per heavy atom. The number of nitrogens with one attached hydrogen (secondary N) is 2. The van der Waals surface area contributed by atoms with E-state index in [0.29, 0.717) is 31.7 Å². The molecule has 0 aromatic heterocycles. The molecule has 1 rings (SSSR count). The summed E-state index contributed by atoms with van der Waals surface area (Å²) in [4.78, 5) is 22.5. The zero-order valence-electron chi connectivity index (χ0n) is 9.95. The fourth-order valence-electron chi connectivity index (χ4n) is 1.59. The van der Waals surface area contributed by atoms with Gasteiger partial charge in [-0.2, -0.15) is 0 Å². The lowest BCUT2D eigenvalue weighted by Gasteiger charge is -2.24. The molecule has 0 aliphatic carbocycles. The molecule has 0 saturated carbocycles. The first kappa shape index (κ1) is 13.0. The van der Waals surface area contributed by atoms with Gasteiger partial charge in [0.25, 0.3) is 0 Å². The third-order valence-electron chi connectivity index (χ3n) is 2.91. The lowest BCUT2D eigenvalue weighted by molar-refractivity contribution is -0.126. The summed E-state index contributed by atoms with van der Waals surface area (Å²) in [5.41, 5.74) is 5.81. The van der Waals surface area contributed by atoms with Gasteiger partial charge in [0.05, 0.1) is 0 Å². The van der Waals surface area contributed by atoms with Gasteiger partial charge in [0.2, 0.25) is 11.8 Å². The van der Waals surface area contributed by atoms with Crippen molar-refractivity contribution in [1.82, 2.24) is 10.6 Å². The Morgan fingerprint density at radius 1 is 1.62 bits per heavy atom. The van der Waals surface area contributed by atoms with Gasteiger partial charge in [-0.1, -0.05) is 13.8 Å². The van der Waals surface area contributed by atoms with Crippen molar-refractivity contribution in [3.8, 4) is 0 Å². The molecule has 1 aliphatic rings. The highest BCUT2D eigenvalue weighted by molar-refractivity contribution is 5.79. The molecule has 2 unspecified atom stereocenters. The maximum atomic E-state index is 11.6. The fraction of sp³-hybridized carbons (Fsp3) is 0.818. The van der Waals surface area contributed by atoms with Gasteiger partial charge in [-0.15, -0.1) is 0 Å². The van der Waals surface area contributed by atoms with Crippen molar-refractivity contribution in [2.75, 3.05) is 6.54 Å². The molecule has 1 saturated heterocycles. The Bertz CT molecular complexity index is 256. The summed E-state index contributed by atoms with van der Waals surface area (Å²) in [6.07, 6.45) is 1.55. The molecule has 92 valence electrons. The van der Waals surface area contributed by atoms with Crippen LogP contribution in [0.3, 0.4) is 0 Å². The van der Waals surface area contributed by atoms with E-state index in [1.165, 1.54) is 0 Å². The van der Waals surface area contributed by atoms with Crippen LogP contribution in [0.25, 0.3) is 0 Å². The summed E-state index contributed by atoms with van der Waals surface area (Å²) in [5, 5.41) is 5.62. The molecule has 16 heavy (non-hydrogen) atoms. The molecule has 1 heterocycles. The molecular formula is C11H21N3O2. The van der Waals surface area contributed by atoms with Gasteiger partial charge in [0.15, 0.2) is 0 Å². The minimum atomic E-state index is -0.0989. The molecule has 2 atom stereocenters. The third kappa shape index (κ3) is 4.18. The minimum absolute atomic E-state index is 0.0256. The molecule has 1 aliphatic heterocycles. The predicted octanol–water partition coefficient (Wildman–Crippen LogP) is -0.245. The van der Waals surface area contributed by atoms with Gasteiger partial charge in [-0.25, -0.2) is 0 Å². The second-order valence-corrected chi connectivity index (χ2v) is 4.72. The Kier molecular flexibility index (Phi) is 4.73. The van der Waals surface area contributed by atoms with Crippen LogP contribution in [-0.4, -0.2) is 30.4 Å². The molecule has 0 spiro atoms. The number of nitrogens with two attached hydrogens (primary N) is 1. The molecule has 2 amide bonds. The van der Waals surface area contributed by atoms with Crippen molar-refractivity contribution in [2.45, 2.75) is 45.2 Å². The van der Waals surface area contributed by atoms with Gasteiger partial charge < -0.3 is 16.4 Å². The van der Waals surface area contributed by atoms with E-state index in [1.54, 1.807) is 0 Å². The van der Waals surface area contributed by atoms with Gasteiger partial charge in [0.1, 0.15) is 0 Å². The zero-order chi connectivity index (χ0) is 12.1. The van der Waals surface area contributed by atoms with Crippen molar-refractivity contribution in [3.63, 3.8) is 0 Å². The fourth-order valence-corrected chi connectivity index (χ4v) is 1.59. The van der Waals surface area contributed by atoms with E-state index in [-0.39, 0.29) is 23.9 Å². The highest BCUT2D eigenvalue weighted by Gasteiger charge is 2.20. The quantitative estimate of drug-likeness (QED) is 0.619. The predicted molar refractivity (Wildman–Crippen MR) is 61.6 cm³/mol. The van der Waals surface area contributed by atoms with E-state index in [1.807, 2.05) is 13.8 Å². The van der Waals surface area contributed by atoms with Crippen molar-refractivity contribution in [1.29, 1.82) is 0 Å². The zero-order valence-corrected chi connectivity index (χ0v) is 9.95. The van der Waals surface area contributed by atoms with Crippen LogP contribution in [0.15, 0.2) is 0 Å². The average Bonchev–Trinajstić information content (AvgIpc) is 2.21. The maximum Gasteiger partial charge on any atom is 0.221 e. The summed E-state index contributed by atoms with van der Waals surface area (Å²) in [7, 11) is 0. The lowest BCUT2D eigenvalue weighted by Crippen LogP contribution is -2.48. The van der Waals surface area contributed by atoms with Crippen molar-refractivity contribution in [2.24, 2.45) is 11.7 Å². The molecular weight excluding hydrogens is 206 g/mol. The van der Waals surface area contributed by atoms with E-state index in [0.717, 1.165) is 0 Å². The molecule has 0 bridgehead atoms. The number of carbonyl (C=O) groups is 2. The van der Waals surface area contributed by atoms with E-state index in [4.69, 9.17) is 5.73 Å². The SMILES string of the molecule is CC(C)C(N)CC(=O)NC1CCC(=O)NC1. The third-order valence-corrected chi connectivity index (χ3v) is 2.91. The van der Waals surface area contributed by atoms with Crippen molar-refractivity contribution in [3.05, 3.63) is 0 Å². The Balaban J connectivity index is 2.26. The van der Waals surface area contributed by atoms with Crippen LogP contribution < -0.4 is 16.4 Å². The lowest BCUT2D eigenvalue weighted by atomic mass is 10.0. The molecule has 5 heteroatoms. The molecule has 4 N–H and O–H groups in total. The number of carbonyl (C=O) groups excluding carboxylic acids is 2. The molecule has 5 nitrogen and oxygen atoms in total. The summed E-state index contributed by atoms with van der Waals surface area (Å²) in [6.45, 7) is 4.53. The van der Waals surface area contributed by atoms with Gasteiger partial charge in [0, 0.05) is 31.5 Å². The topological polar surface area (TPSA) is 84.2 Å². The van der Waals surface area contributed by atoms with Crippen LogP contribution in [-0.2, 0) is 9.59 Å². The molecule has 0 radical (unpaired) electrons. The maximum absolute atomic E-state index is 11.6. The van der Waals surface area contributed by atoms with Gasteiger partial charge >= 0.3 is 0 Å². The largest absolute Gasteiger partial charge is 0.354 e. The summed E-state index contributed by atoms with van der Waals surface area (Å²) in [6, 6.07) is -0.0391. The van der Waals surface area contributed by atoms with Crippen LogP contribution in [0.4, 0.5) is 0 Å². The molecule has 1 fully saturated rings. The molecule has 0 aromatic carbocycles. The van der Waals surface area contributed by atoms with E-state index in [9.17, 15) is 9.59 Å². The normalized spacial score (nSPS) is 22.8. The summed E-state index contributed by atoms with van der Waals surface area (Å²) < 4.78 is 0. The summed E-state index contributed by atoms with van der Waals surface area (Å²) in [5.74, 6) is 0.337. The van der Waals surface area contributed by atoms with Gasteiger partial charge in [-0.05, 0) is 12.3 Å². The van der Waals surface area contributed by atoms with Crippen LogP contribution in [0.5, 0.6) is 0 Å². The van der Waals surface area contributed by atoms with Crippen molar-refractivity contribution >= 4 is 11.8 Å². The number of hydrogen-bond donors (Lipinski definition) is 3. The van der Waals surface area contributed by atoms with Crippen LogP contribution in [0.2, 0.25) is 0 Å². The van der Waals surface area contributed by atoms with E-state index in [2.05, 4.69) is 10.6 Å². The second kappa shape index (κ2) is 5.84. The highest BCUT2D eigenvalue weighted by Crippen LogP contribution is 2.05. The van der Waals surface area contributed by atoms with E-state index < -0.39 is 0 Å². The number of rotatable bonds is 4. The Morgan fingerprint density at radius 3 is 2.81 bits per heavy atom. The number of hydrogen-bond acceptors (Lipinski definition) is 3. The first-order chi connectivity index (χ1) is 7.49. The number of amides is 2. The minimum Gasteiger partial charge on any atom is -0.354 e. The Labute approximate surface area is 96.1 Å². The Hall–Kier alpha value is -1.10. The van der Waals surface area contributed by atoms with Crippen LogP contribution in [0, 0.1) is 5.92 Å². The monoisotopic (exact) mass is 227 g/mol. The number of piperidine rings is 1. The van der Waals surface area contributed by atoms with E-state index >= 15 is 0 Å². The smallest absolute Gasteiger partial charge is 0.221 e. The van der Waals surface area contributed by atoms with Crippen molar-refractivity contribution < 1.29 is 9.59 Å². The average molecular weight is 227 g/mol.